The predicted molar refractivity (Wildman–Crippen MR) is 117 cm³/mol. The van der Waals surface area contributed by atoms with Crippen molar-refractivity contribution in [3.63, 3.8) is 0 Å². The second-order valence-electron chi connectivity index (χ2n) is 5.61. The highest BCUT2D eigenvalue weighted by atomic mass is 127. The molecule has 0 aromatic heterocycles. The first kappa shape index (κ1) is 22.9. The number of nitrogens with one attached hydrogen (secondary N) is 2. The van der Waals surface area contributed by atoms with Gasteiger partial charge in [-0.2, -0.15) is 0 Å². The molecule has 0 fully saturated rings. The van der Waals surface area contributed by atoms with E-state index in [-0.39, 0.29) is 36.6 Å². The highest BCUT2D eigenvalue weighted by Gasteiger charge is 2.08. The third-order valence-electron chi connectivity index (χ3n) is 3.66. The summed E-state index contributed by atoms with van der Waals surface area (Å²) in [5, 5.41) is 6.34. The van der Waals surface area contributed by atoms with E-state index in [1.807, 2.05) is 48.5 Å². The molecule has 0 saturated carbocycles. The van der Waals surface area contributed by atoms with Crippen LogP contribution in [0.4, 0.5) is 0 Å². The second-order valence-corrected chi connectivity index (χ2v) is 5.61. The van der Waals surface area contributed by atoms with E-state index in [9.17, 15) is 4.79 Å². The normalized spacial score (nSPS) is 10.7. The van der Waals surface area contributed by atoms with E-state index in [0.717, 1.165) is 11.1 Å². The number of hydrogen-bond donors (Lipinski definition) is 2. The lowest BCUT2D eigenvalue weighted by atomic mass is 10.1. The van der Waals surface area contributed by atoms with E-state index in [1.54, 1.807) is 20.2 Å². The summed E-state index contributed by atoms with van der Waals surface area (Å²) in [6.07, 6.45) is 0. The lowest BCUT2D eigenvalue weighted by Gasteiger charge is -2.12. The van der Waals surface area contributed by atoms with Crippen LogP contribution < -0.4 is 10.6 Å². The standard InChI is InChI=1S/C20H25N3O3.HI/c1-21-20(22-11-12-25-2)23-14-17-9-6-10-18(13-17)19(24)26-15-16-7-4-3-5-8-16;/h3-10,13H,11-12,14-15H2,1-2H3,(H2,21,22,23);1H. The fraction of sp³-hybridized carbons (Fsp3) is 0.300. The van der Waals surface area contributed by atoms with Gasteiger partial charge in [-0.3, -0.25) is 4.99 Å². The molecule has 0 heterocycles. The fourth-order valence-electron chi connectivity index (χ4n) is 2.29. The molecule has 146 valence electrons. The molecule has 0 spiro atoms. The van der Waals surface area contributed by atoms with Crippen molar-refractivity contribution in [2.45, 2.75) is 13.2 Å². The zero-order valence-electron chi connectivity index (χ0n) is 15.6. The number of methoxy groups -OCH3 is 1. The maximum Gasteiger partial charge on any atom is 0.338 e. The zero-order valence-corrected chi connectivity index (χ0v) is 17.9. The van der Waals surface area contributed by atoms with Crippen LogP contribution in [-0.2, 0) is 22.6 Å². The molecule has 2 aromatic rings. The molecule has 0 unspecified atom stereocenters. The number of carbonyl (C=O) groups excluding carboxylic acids is 1. The average molecular weight is 483 g/mol. The Hall–Kier alpha value is -2.13. The van der Waals surface area contributed by atoms with Crippen molar-refractivity contribution in [3.05, 3.63) is 71.3 Å². The number of aliphatic imine (C=N–C) groups is 1. The van der Waals surface area contributed by atoms with Gasteiger partial charge in [0, 0.05) is 27.2 Å². The highest BCUT2D eigenvalue weighted by molar-refractivity contribution is 14.0. The predicted octanol–water partition coefficient (Wildman–Crippen LogP) is 2.97. The zero-order chi connectivity index (χ0) is 18.6. The van der Waals surface area contributed by atoms with E-state index >= 15 is 0 Å². The van der Waals surface area contributed by atoms with Gasteiger partial charge in [0.1, 0.15) is 6.61 Å². The molecule has 2 N–H and O–H groups in total. The van der Waals surface area contributed by atoms with Crippen molar-refractivity contribution in [1.29, 1.82) is 0 Å². The molecule has 0 radical (unpaired) electrons. The molecule has 27 heavy (non-hydrogen) atoms. The number of ether oxygens (including phenoxy) is 2. The van der Waals surface area contributed by atoms with Gasteiger partial charge < -0.3 is 20.1 Å². The Bertz CT molecular complexity index is 723. The largest absolute Gasteiger partial charge is 0.457 e. The molecule has 0 saturated heterocycles. The van der Waals surface area contributed by atoms with Crippen LogP contribution in [0.5, 0.6) is 0 Å². The van der Waals surface area contributed by atoms with Crippen LogP contribution in [-0.4, -0.2) is 39.2 Å². The van der Waals surface area contributed by atoms with E-state index in [1.165, 1.54) is 0 Å². The molecule has 0 aliphatic rings. The van der Waals surface area contributed by atoms with Crippen LogP contribution >= 0.6 is 24.0 Å². The molecule has 0 aliphatic heterocycles. The number of nitrogens with zero attached hydrogens (tertiary/aromatic N) is 1. The number of guanidine groups is 1. The fourth-order valence-corrected chi connectivity index (χ4v) is 2.29. The van der Waals surface area contributed by atoms with E-state index in [0.29, 0.717) is 31.2 Å². The smallest absolute Gasteiger partial charge is 0.338 e. The molecule has 0 atom stereocenters. The van der Waals surface area contributed by atoms with Crippen molar-refractivity contribution in [2.75, 3.05) is 27.3 Å². The van der Waals surface area contributed by atoms with Gasteiger partial charge in [0.05, 0.1) is 12.2 Å². The Balaban J connectivity index is 0.00000364. The number of halogens is 1. The molecule has 0 bridgehead atoms. The van der Waals surface area contributed by atoms with Crippen molar-refractivity contribution < 1.29 is 14.3 Å². The first-order valence-electron chi connectivity index (χ1n) is 8.46. The van der Waals surface area contributed by atoms with Gasteiger partial charge in [-0.15, -0.1) is 24.0 Å². The summed E-state index contributed by atoms with van der Waals surface area (Å²) in [6, 6.07) is 17.0. The summed E-state index contributed by atoms with van der Waals surface area (Å²) in [5.41, 5.74) is 2.46. The number of esters is 1. The molecule has 6 nitrogen and oxygen atoms in total. The van der Waals surface area contributed by atoms with Gasteiger partial charge in [0.25, 0.3) is 0 Å². The summed E-state index contributed by atoms with van der Waals surface area (Å²) in [5.74, 6) is 0.345. The lowest BCUT2D eigenvalue weighted by molar-refractivity contribution is 0.0472. The van der Waals surface area contributed by atoms with Gasteiger partial charge >= 0.3 is 5.97 Å². The summed E-state index contributed by atoms with van der Waals surface area (Å²) in [4.78, 5) is 16.4. The topological polar surface area (TPSA) is 72.0 Å². The number of carbonyl (C=O) groups is 1. The Labute approximate surface area is 177 Å². The summed E-state index contributed by atoms with van der Waals surface area (Å²) < 4.78 is 10.4. The molecule has 7 heteroatoms. The van der Waals surface area contributed by atoms with Crippen LogP contribution in [0.2, 0.25) is 0 Å². The Morgan fingerprint density at radius 3 is 2.48 bits per heavy atom. The van der Waals surface area contributed by atoms with Crippen molar-refractivity contribution in [2.24, 2.45) is 4.99 Å². The van der Waals surface area contributed by atoms with Crippen molar-refractivity contribution in [1.82, 2.24) is 10.6 Å². The van der Waals surface area contributed by atoms with Gasteiger partial charge in [-0.05, 0) is 23.3 Å². The third kappa shape index (κ3) is 8.40. The van der Waals surface area contributed by atoms with E-state index < -0.39 is 0 Å². The van der Waals surface area contributed by atoms with Crippen LogP contribution in [0.15, 0.2) is 59.6 Å². The van der Waals surface area contributed by atoms with Gasteiger partial charge in [0.15, 0.2) is 5.96 Å². The Kier molecular flexibility index (Phi) is 11.1. The van der Waals surface area contributed by atoms with E-state index in [4.69, 9.17) is 9.47 Å². The number of hydrogen-bond acceptors (Lipinski definition) is 4. The van der Waals surface area contributed by atoms with Gasteiger partial charge in [-0.25, -0.2) is 4.79 Å². The highest BCUT2D eigenvalue weighted by Crippen LogP contribution is 2.09. The first-order chi connectivity index (χ1) is 12.7. The molecule has 2 rings (SSSR count). The van der Waals surface area contributed by atoms with Crippen LogP contribution in [0.25, 0.3) is 0 Å². The monoisotopic (exact) mass is 483 g/mol. The average Bonchev–Trinajstić information content (AvgIpc) is 2.69. The number of benzene rings is 2. The quantitative estimate of drug-likeness (QED) is 0.199. The molecule has 0 amide bonds. The molecular weight excluding hydrogens is 457 g/mol. The summed E-state index contributed by atoms with van der Waals surface area (Å²) in [6.45, 7) is 2.08. The second kappa shape index (κ2) is 13.1. The molecule has 0 aliphatic carbocycles. The Morgan fingerprint density at radius 2 is 1.78 bits per heavy atom. The van der Waals surface area contributed by atoms with Gasteiger partial charge in [-0.1, -0.05) is 42.5 Å². The third-order valence-corrected chi connectivity index (χ3v) is 3.66. The minimum atomic E-state index is -0.335. The first-order valence-corrected chi connectivity index (χ1v) is 8.46. The summed E-state index contributed by atoms with van der Waals surface area (Å²) >= 11 is 0. The van der Waals surface area contributed by atoms with Crippen molar-refractivity contribution >= 4 is 35.9 Å². The van der Waals surface area contributed by atoms with Gasteiger partial charge in [0.2, 0.25) is 0 Å². The van der Waals surface area contributed by atoms with Crippen LogP contribution in [0.3, 0.4) is 0 Å². The summed E-state index contributed by atoms with van der Waals surface area (Å²) in [7, 11) is 3.36. The SMILES string of the molecule is CN=C(NCCOC)NCc1cccc(C(=O)OCc2ccccc2)c1.I. The Morgan fingerprint density at radius 1 is 1.04 bits per heavy atom. The molecule has 2 aromatic carbocycles. The van der Waals surface area contributed by atoms with Crippen LogP contribution in [0, 0.1) is 0 Å². The number of rotatable bonds is 8. The minimum Gasteiger partial charge on any atom is -0.457 e. The maximum atomic E-state index is 12.2. The van der Waals surface area contributed by atoms with Crippen molar-refractivity contribution in [3.8, 4) is 0 Å². The lowest BCUT2D eigenvalue weighted by Crippen LogP contribution is -2.38. The minimum absolute atomic E-state index is 0. The van der Waals surface area contributed by atoms with Crippen LogP contribution in [0.1, 0.15) is 21.5 Å². The maximum absolute atomic E-state index is 12.2. The molecular formula is C20H26IN3O3. The van der Waals surface area contributed by atoms with E-state index in [2.05, 4.69) is 15.6 Å².